The molecule has 6 heteroatoms. The number of nitrogens with one attached hydrogen (secondary N) is 1. The van der Waals surface area contributed by atoms with Crippen LogP contribution in [0.4, 0.5) is 0 Å². The van der Waals surface area contributed by atoms with Gasteiger partial charge in [-0.05, 0) is 36.5 Å². The van der Waals surface area contributed by atoms with Crippen molar-refractivity contribution in [2.24, 2.45) is 5.92 Å². The van der Waals surface area contributed by atoms with E-state index in [0.717, 1.165) is 22.9 Å². The highest BCUT2D eigenvalue weighted by Gasteiger charge is 2.44. The Hall–Kier alpha value is -1.07. The Bertz CT molecular complexity index is 574. The molecular weight excluding hydrogens is 344 g/mol. The average Bonchev–Trinajstić information content (AvgIpc) is 3.21. The quantitative estimate of drug-likeness (QED) is 0.903. The first-order valence-electron chi connectivity index (χ1n) is 6.57. The zero-order valence-corrected chi connectivity index (χ0v) is 13.1. The van der Waals surface area contributed by atoms with Gasteiger partial charge in [0.15, 0.2) is 0 Å². The number of carbonyl (C=O) groups excluding carboxylic acids is 2. The van der Waals surface area contributed by atoms with E-state index in [2.05, 4.69) is 21.2 Å². The van der Waals surface area contributed by atoms with Gasteiger partial charge < -0.3 is 10.2 Å². The number of carbonyl (C=O) groups is 2. The van der Waals surface area contributed by atoms with E-state index in [0.29, 0.717) is 17.5 Å². The lowest BCUT2D eigenvalue weighted by atomic mass is 10.1. The number of halogens is 2. The minimum atomic E-state index is -0.337. The Morgan fingerprint density at radius 3 is 2.75 bits per heavy atom. The summed E-state index contributed by atoms with van der Waals surface area (Å²) in [6, 6.07) is 5.24. The van der Waals surface area contributed by atoms with E-state index in [-0.39, 0.29) is 24.4 Å². The van der Waals surface area contributed by atoms with E-state index < -0.39 is 0 Å². The van der Waals surface area contributed by atoms with Crippen molar-refractivity contribution in [3.63, 3.8) is 0 Å². The third-order valence-corrected chi connectivity index (χ3v) is 4.61. The highest BCUT2D eigenvalue weighted by molar-refractivity contribution is 9.10. The Labute approximate surface area is 130 Å². The maximum Gasteiger partial charge on any atom is 0.243 e. The molecule has 1 aliphatic carbocycles. The molecular formula is C14H14BrClN2O2. The molecule has 1 aromatic rings. The van der Waals surface area contributed by atoms with Gasteiger partial charge in [-0.2, -0.15) is 0 Å². The third kappa shape index (κ3) is 2.69. The molecule has 1 aliphatic heterocycles. The third-order valence-electron chi connectivity index (χ3n) is 3.76. The molecule has 0 aromatic heterocycles. The van der Waals surface area contributed by atoms with Gasteiger partial charge in [0.1, 0.15) is 6.04 Å². The molecule has 1 saturated carbocycles. The Morgan fingerprint density at radius 2 is 2.10 bits per heavy atom. The predicted octanol–water partition coefficient (Wildman–Crippen LogP) is 2.34. The van der Waals surface area contributed by atoms with Crippen molar-refractivity contribution in [1.82, 2.24) is 10.2 Å². The van der Waals surface area contributed by atoms with Crippen molar-refractivity contribution in [1.29, 1.82) is 0 Å². The van der Waals surface area contributed by atoms with Gasteiger partial charge in [0.05, 0.1) is 6.54 Å². The van der Waals surface area contributed by atoms with Crippen molar-refractivity contribution in [3.05, 3.63) is 33.3 Å². The molecule has 1 aromatic carbocycles. The van der Waals surface area contributed by atoms with Crippen molar-refractivity contribution in [2.75, 3.05) is 6.54 Å². The molecule has 20 heavy (non-hydrogen) atoms. The zero-order chi connectivity index (χ0) is 14.3. The summed E-state index contributed by atoms with van der Waals surface area (Å²) in [5, 5.41) is 3.28. The Kier molecular flexibility index (Phi) is 3.73. The minimum Gasteiger partial charge on any atom is -0.345 e. The normalized spacial score (nSPS) is 22.9. The Morgan fingerprint density at radius 1 is 1.35 bits per heavy atom. The highest BCUT2D eigenvalue weighted by Crippen LogP contribution is 2.37. The number of amides is 2. The predicted molar refractivity (Wildman–Crippen MR) is 79.2 cm³/mol. The monoisotopic (exact) mass is 356 g/mol. The van der Waals surface area contributed by atoms with Gasteiger partial charge in [-0.15, -0.1) is 0 Å². The van der Waals surface area contributed by atoms with Crippen molar-refractivity contribution >= 4 is 39.3 Å². The second-order valence-corrected chi connectivity index (χ2v) is 6.58. The summed E-state index contributed by atoms with van der Waals surface area (Å²) in [4.78, 5) is 25.8. The molecule has 0 spiro atoms. The van der Waals surface area contributed by atoms with Crippen molar-refractivity contribution in [2.45, 2.75) is 25.4 Å². The summed E-state index contributed by atoms with van der Waals surface area (Å²) in [5.41, 5.74) is 0.864. The van der Waals surface area contributed by atoms with Crippen LogP contribution in [0.3, 0.4) is 0 Å². The fourth-order valence-corrected chi connectivity index (χ4v) is 3.30. The number of hydrogen-bond acceptors (Lipinski definition) is 2. The van der Waals surface area contributed by atoms with E-state index in [1.807, 2.05) is 12.1 Å². The van der Waals surface area contributed by atoms with E-state index in [1.54, 1.807) is 11.0 Å². The number of hydrogen-bond donors (Lipinski definition) is 1. The van der Waals surface area contributed by atoms with Crippen LogP contribution in [0.15, 0.2) is 22.7 Å². The molecule has 4 nitrogen and oxygen atoms in total. The minimum absolute atomic E-state index is 0.0412. The lowest BCUT2D eigenvalue weighted by molar-refractivity contribution is -0.147. The first-order chi connectivity index (χ1) is 9.56. The SMILES string of the molecule is O=C1NCC(=O)N(Cc2ccc(Br)cc2Cl)C1C1CC1. The molecule has 1 atom stereocenters. The van der Waals surface area contributed by atoms with Crippen molar-refractivity contribution in [3.8, 4) is 0 Å². The van der Waals surface area contributed by atoms with Gasteiger partial charge in [0.2, 0.25) is 11.8 Å². The molecule has 1 heterocycles. The molecule has 1 saturated heterocycles. The van der Waals surface area contributed by atoms with Gasteiger partial charge in [-0.1, -0.05) is 33.6 Å². The van der Waals surface area contributed by atoms with Crippen LogP contribution < -0.4 is 5.32 Å². The Balaban J connectivity index is 1.85. The van der Waals surface area contributed by atoms with Crippen LogP contribution in [-0.2, 0) is 16.1 Å². The maximum atomic E-state index is 12.1. The second-order valence-electron chi connectivity index (χ2n) is 5.26. The maximum absolute atomic E-state index is 12.1. The fraction of sp³-hybridized carbons (Fsp3) is 0.429. The lowest BCUT2D eigenvalue weighted by Gasteiger charge is -2.35. The van der Waals surface area contributed by atoms with Crippen LogP contribution in [-0.4, -0.2) is 29.3 Å². The second kappa shape index (κ2) is 5.37. The summed E-state index contributed by atoms with van der Waals surface area (Å²) in [6.45, 7) is 0.468. The fourth-order valence-electron chi connectivity index (χ4n) is 2.57. The summed E-state index contributed by atoms with van der Waals surface area (Å²) in [6.07, 6.45) is 2.02. The zero-order valence-electron chi connectivity index (χ0n) is 10.7. The average molecular weight is 358 g/mol. The number of benzene rings is 1. The van der Waals surface area contributed by atoms with Crippen LogP contribution >= 0.6 is 27.5 Å². The highest BCUT2D eigenvalue weighted by atomic mass is 79.9. The van der Waals surface area contributed by atoms with Gasteiger partial charge in [0, 0.05) is 16.0 Å². The molecule has 0 radical (unpaired) electrons. The molecule has 2 aliphatic rings. The summed E-state index contributed by atoms with van der Waals surface area (Å²) < 4.78 is 0.896. The van der Waals surface area contributed by atoms with Crippen LogP contribution in [0.25, 0.3) is 0 Å². The van der Waals surface area contributed by atoms with E-state index in [1.165, 1.54) is 0 Å². The summed E-state index contributed by atoms with van der Waals surface area (Å²) in [7, 11) is 0. The van der Waals surface area contributed by atoms with Crippen LogP contribution in [0.2, 0.25) is 5.02 Å². The van der Waals surface area contributed by atoms with Gasteiger partial charge in [-0.25, -0.2) is 0 Å². The van der Waals surface area contributed by atoms with Crippen LogP contribution in [0.5, 0.6) is 0 Å². The number of rotatable bonds is 3. The number of nitrogens with zero attached hydrogens (tertiary/aromatic N) is 1. The van der Waals surface area contributed by atoms with E-state index in [9.17, 15) is 9.59 Å². The molecule has 1 unspecified atom stereocenters. The van der Waals surface area contributed by atoms with Crippen LogP contribution in [0, 0.1) is 5.92 Å². The lowest BCUT2D eigenvalue weighted by Crippen LogP contribution is -2.58. The van der Waals surface area contributed by atoms with Gasteiger partial charge >= 0.3 is 0 Å². The standard InChI is InChI=1S/C14H14BrClN2O2/c15-10-4-3-9(11(16)5-10)7-18-12(19)6-17-14(20)13(18)8-1-2-8/h3-5,8,13H,1-2,6-7H2,(H,17,20). The summed E-state index contributed by atoms with van der Waals surface area (Å²) >= 11 is 9.57. The molecule has 3 rings (SSSR count). The van der Waals surface area contributed by atoms with E-state index in [4.69, 9.17) is 11.6 Å². The van der Waals surface area contributed by atoms with Crippen molar-refractivity contribution < 1.29 is 9.59 Å². The van der Waals surface area contributed by atoms with Gasteiger partial charge in [0.25, 0.3) is 0 Å². The molecule has 1 N–H and O–H groups in total. The molecule has 2 fully saturated rings. The molecule has 0 bridgehead atoms. The molecule has 2 amide bonds. The largest absolute Gasteiger partial charge is 0.345 e. The number of piperazine rings is 1. The van der Waals surface area contributed by atoms with Crippen LogP contribution in [0.1, 0.15) is 18.4 Å². The molecule has 106 valence electrons. The summed E-state index contributed by atoms with van der Waals surface area (Å²) in [5.74, 6) is 0.217. The topological polar surface area (TPSA) is 49.4 Å². The first-order valence-corrected chi connectivity index (χ1v) is 7.74. The first kappa shape index (κ1) is 13.9. The van der Waals surface area contributed by atoms with Gasteiger partial charge in [-0.3, -0.25) is 9.59 Å². The smallest absolute Gasteiger partial charge is 0.243 e. The van der Waals surface area contributed by atoms with E-state index >= 15 is 0 Å².